The second-order valence-corrected chi connectivity index (χ2v) is 7.95. The first kappa shape index (κ1) is 16.5. The highest BCUT2D eigenvalue weighted by atomic mass is 79.9. The first-order valence-corrected chi connectivity index (χ1v) is 9.21. The molecule has 0 aliphatic carbocycles. The highest BCUT2D eigenvalue weighted by Gasteiger charge is 2.24. The maximum Gasteiger partial charge on any atom is 0.337 e. The fourth-order valence-electron chi connectivity index (χ4n) is 2.26. The predicted molar refractivity (Wildman–Crippen MR) is 81.9 cm³/mol. The molecule has 0 bridgehead atoms. The van der Waals surface area contributed by atoms with Gasteiger partial charge in [0.05, 0.1) is 30.3 Å². The molecule has 21 heavy (non-hydrogen) atoms. The average Bonchev–Trinajstić information content (AvgIpc) is 2.92. The van der Waals surface area contributed by atoms with Crippen LogP contribution < -0.4 is 0 Å². The lowest BCUT2D eigenvalue weighted by Crippen LogP contribution is -2.21. The maximum absolute atomic E-state index is 12.2. The van der Waals surface area contributed by atoms with Crippen molar-refractivity contribution in [2.45, 2.75) is 24.7 Å². The Labute approximate surface area is 132 Å². The van der Waals surface area contributed by atoms with Gasteiger partial charge >= 0.3 is 5.97 Å². The highest BCUT2D eigenvalue weighted by Crippen LogP contribution is 2.23. The van der Waals surface area contributed by atoms with Crippen LogP contribution in [0.4, 0.5) is 0 Å². The lowest BCUT2D eigenvalue weighted by atomic mass is 10.1. The Morgan fingerprint density at radius 3 is 2.81 bits per heavy atom. The van der Waals surface area contributed by atoms with E-state index in [1.54, 1.807) is 18.2 Å². The molecule has 1 fully saturated rings. The molecule has 1 heterocycles. The molecule has 0 spiro atoms. The molecule has 0 N–H and O–H groups in total. The van der Waals surface area contributed by atoms with Crippen LogP contribution in [0.2, 0.25) is 0 Å². The van der Waals surface area contributed by atoms with Gasteiger partial charge in [0.15, 0.2) is 9.84 Å². The molecule has 0 amide bonds. The molecule has 1 saturated heterocycles. The van der Waals surface area contributed by atoms with E-state index in [9.17, 15) is 13.2 Å². The quantitative estimate of drug-likeness (QED) is 0.737. The van der Waals surface area contributed by atoms with Gasteiger partial charge in [0.2, 0.25) is 0 Å². The fraction of sp³-hybridized carbons (Fsp3) is 0.500. The molecule has 1 atom stereocenters. The third-order valence-electron chi connectivity index (χ3n) is 3.31. The summed E-state index contributed by atoms with van der Waals surface area (Å²) < 4.78 is 35.0. The monoisotopic (exact) mass is 376 g/mol. The zero-order valence-electron chi connectivity index (χ0n) is 11.7. The minimum Gasteiger partial charge on any atom is -0.465 e. The van der Waals surface area contributed by atoms with E-state index in [2.05, 4.69) is 20.7 Å². The summed E-state index contributed by atoms with van der Waals surface area (Å²) in [7, 11) is -1.95. The second-order valence-electron chi connectivity index (χ2n) is 4.99. The third kappa shape index (κ3) is 4.52. The van der Waals surface area contributed by atoms with Crippen molar-refractivity contribution in [1.82, 2.24) is 0 Å². The number of methoxy groups -OCH3 is 1. The van der Waals surface area contributed by atoms with E-state index >= 15 is 0 Å². The molecule has 116 valence electrons. The van der Waals surface area contributed by atoms with Crippen LogP contribution in [0.5, 0.6) is 0 Å². The number of esters is 1. The van der Waals surface area contributed by atoms with Gasteiger partial charge in [-0.25, -0.2) is 13.2 Å². The zero-order chi connectivity index (χ0) is 15.5. The molecule has 1 unspecified atom stereocenters. The van der Waals surface area contributed by atoms with Crippen LogP contribution in [0, 0.1) is 0 Å². The molecule has 1 aliphatic rings. The van der Waals surface area contributed by atoms with Crippen molar-refractivity contribution in [3.05, 3.63) is 33.8 Å². The van der Waals surface area contributed by atoms with Crippen LogP contribution in [-0.2, 0) is 25.1 Å². The second kappa shape index (κ2) is 6.89. The van der Waals surface area contributed by atoms with Crippen molar-refractivity contribution in [2.24, 2.45) is 0 Å². The van der Waals surface area contributed by atoms with Crippen molar-refractivity contribution < 1.29 is 22.7 Å². The Morgan fingerprint density at radius 1 is 1.48 bits per heavy atom. The molecular weight excluding hydrogens is 360 g/mol. The normalized spacial score (nSPS) is 18.7. The molecule has 7 heteroatoms. The Hall–Kier alpha value is -0.920. The minimum absolute atomic E-state index is 0.0399. The molecule has 1 aromatic carbocycles. The minimum atomic E-state index is -3.25. The summed E-state index contributed by atoms with van der Waals surface area (Å²) >= 11 is 3.31. The van der Waals surface area contributed by atoms with Gasteiger partial charge in [-0.15, -0.1) is 0 Å². The number of benzene rings is 1. The van der Waals surface area contributed by atoms with Crippen molar-refractivity contribution in [1.29, 1.82) is 0 Å². The van der Waals surface area contributed by atoms with Crippen molar-refractivity contribution in [2.75, 3.05) is 19.5 Å². The van der Waals surface area contributed by atoms with Crippen molar-refractivity contribution in [3.8, 4) is 0 Å². The molecule has 0 radical (unpaired) electrons. The van der Waals surface area contributed by atoms with Gasteiger partial charge < -0.3 is 9.47 Å². The van der Waals surface area contributed by atoms with E-state index in [-0.39, 0.29) is 17.6 Å². The lowest BCUT2D eigenvalue weighted by molar-refractivity contribution is 0.0600. The molecule has 0 aromatic heterocycles. The summed E-state index contributed by atoms with van der Waals surface area (Å²) in [6, 6.07) is 4.76. The standard InChI is InChI=1S/C14H17BrO5S/c1-19-14(16)10-4-5-11(13(15)7-10)8-21(17,18)9-12-3-2-6-20-12/h4-5,7,12H,2-3,6,8-9H2,1H3. The van der Waals surface area contributed by atoms with Gasteiger partial charge in [-0.1, -0.05) is 22.0 Å². The molecule has 1 aliphatic heterocycles. The molecule has 1 aromatic rings. The van der Waals surface area contributed by atoms with Crippen molar-refractivity contribution >= 4 is 31.7 Å². The summed E-state index contributed by atoms with van der Waals surface area (Å²) in [6.07, 6.45) is 1.52. The first-order chi connectivity index (χ1) is 9.91. The van der Waals surface area contributed by atoms with E-state index in [1.165, 1.54) is 7.11 Å². The van der Waals surface area contributed by atoms with Crippen molar-refractivity contribution in [3.63, 3.8) is 0 Å². The van der Waals surface area contributed by atoms with E-state index in [1.807, 2.05) is 0 Å². The Kier molecular flexibility index (Phi) is 5.40. The number of hydrogen-bond acceptors (Lipinski definition) is 5. The van der Waals surface area contributed by atoms with E-state index < -0.39 is 15.8 Å². The van der Waals surface area contributed by atoms with E-state index in [4.69, 9.17) is 4.74 Å². The van der Waals surface area contributed by atoms with Gasteiger partial charge in [-0.2, -0.15) is 0 Å². The summed E-state index contributed by atoms with van der Waals surface area (Å²) in [4.78, 5) is 11.4. The lowest BCUT2D eigenvalue weighted by Gasteiger charge is -2.11. The average molecular weight is 377 g/mol. The molecule has 5 nitrogen and oxygen atoms in total. The van der Waals surface area contributed by atoms with Crippen LogP contribution in [0.15, 0.2) is 22.7 Å². The van der Waals surface area contributed by atoms with E-state index in [0.717, 1.165) is 12.8 Å². The maximum atomic E-state index is 12.2. The van der Waals surface area contributed by atoms with Gasteiger partial charge in [-0.3, -0.25) is 0 Å². The summed E-state index contributed by atoms with van der Waals surface area (Å²) in [5.41, 5.74) is 1.00. The Morgan fingerprint density at radius 2 is 2.24 bits per heavy atom. The number of sulfone groups is 1. The first-order valence-electron chi connectivity index (χ1n) is 6.60. The highest BCUT2D eigenvalue weighted by molar-refractivity contribution is 9.10. The number of rotatable bonds is 5. The SMILES string of the molecule is COC(=O)c1ccc(CS(=O)(=O)CC2CCCO2)c(Br)c1. The van der Waals surface area contributed by atoms with Crippen LogP contribution in [0.1, 0.15) is 28.8 Å². The van der Waals surface area contributed by atoms with Crippen LogP contribution in [0.25, 0.3) is 0 Å². The van der Waals surface area contributed by atoms with Gasteiger partial charge in [0.1, 0.15) is 0 Å². The number of ether oxygens (including phenoxy) is 2. The summed E-state index contributed by atoms with van der Waals surface area (Å²) in [5, 5.41) is 0. The Balaban J connectivity index is 2.09. The van der Waals surface area contributed by atoms with Crippen LogP contribution >= 0.6 is 15.9 Å². The fourth-order valence-corrected chi connectivity index (χ4v) is 4.64. The van der Waals surface area contributed by atoms with Gasteiger partial charge in [0.25, 0.3) is 0 Å². The van der Waals surface area contributed by atoms with E-state index in [0.29, 0.717) is 22.2 Å². The smallest absolute Gasteiger partial charge is 0.337 e. The molecule has 0 saturated carbocycles. The number of halogens is 1. The summed E-state index contributed by atoms with van der Waals surface area (Å²) in [6.45, 7) is 0.637. The number of hydrogen-bond donors (Lipinski definition) is 0. The molecule has 2 rings (SSSR count). The number of carbonyl (C=O) groups excluding carboxylic acids is 1. The van der Waals surface area contributed by atoms with Crippen LogP contribution in [-0.4, -0.2) is 40.0 Å². The third-order valence-corrected chi connectivity index (χ3v) is 5.68. The van der Waals surface area contributed by atoms with Gasteiger partial charge in [-0.05, 0) is 30.5 Å². The largest absolute Gasteiger partial charge is 0.465 e. The zero-order valence-corrected chi connectivity index (χ0v) is 14.1. The summed E-state index contributed by atoms with van der Waals surface area (Å²) in [5.74, 6) is -0.489. The number of carbonyl (C=O) groups is 1. The topological polar surface area (TPSA) is 69.7 Å². The Bertz CT molecular complexity index is 620. The molecular formula is C14H17BrO5S. The predicted octanol–water partition coefficient (Wildman–Crippen LogP) is 2.33. The van der Waals surface area contributed by atoms with Gasteiger partial charge in [0, 0.05) is 11.1 Å². The van der Waals surface area contributed by atoms with Crippen LogP contribution in [0.3, 0.4) is 0 Å².